The van der Waals surface area contributed by atoms with Gasteiger partial charge in [-0.3, -0.25) is 9.69 Å². The van der Waals surface area contributed by atoms with Crippen LogP contribution >= 0.6 is 0 Å². The molecule has 0 aliphatic carbocycles. The summed E-state index contributed by atoms with van der Waals surface area (Å²) in [5, 5.41) is 1.09. The third-order valence-corrected chi connectivity index (χ3v) is 5.14. The number of rotatable bonds is 4. The summed E-state index contributed by atoms with van der Waals surface area (Å²) in [4.78, 5) is 20.4. The van der Waals surface area contributed by atoms with Gasteiger partial charge >= 0.3 is 0 Å². The van der Waals surface area contributed by atoms with E-state index in [0.29, 0.717) is 5.69 Å². The molecule has 138 valence electrons. The molecule has 1 N–H and O–H groups in total. The highest BCUT2D eigenvalue weighted by molar-refractivity contribution is 5.98. The van der Waals surface area contributed by atoms with Gasteiger partial charge in [0, 0.05) is 43.6 Å². The molecule has 0 unspecified atom stereocenters. The zero-order valence-corrected chi connectivity index (χ0v) is 15.7. The summed E-state index contributed by atoms with van der Waals surface area (Å²) < 4.78 is 0. The highest BCUT2D eigenvalue weighted by Gasteiger charge is 2.22. The number of fused-ring (bicyclic) bond motifs is 1. The van der Waals surface area contributed by atoms with Crippen LogP contribution in [0.2, 0.25) is 0 Å². The fraction of sp³-hybridized carbons (Fsp3) is 0.261. The Kier molecular flexibility index (Phi) is 5.07. The molecule has 1 saturated heterocycles. The molecule has 1 fully saturated rings. The quantitative estimate of drug-likeness (QED) is 0.766. The van der Waals surface area contributed by atoms with Crippen molar-refractivity contribution in [1.29, 1.82) is 0 Å². The number of aromatic amines is 1. The van der Waals surface area contributed by atoms with Crippen molar-refractivity contribution in [2.45, 2.75) is 6.92 Å². The molecule has 4 heteroatoms. The van der Waals surface area contributed by atoms with Crippen molar-refractivity contribution < 1.29 is 4.79 Å². The SMILES string of the molecule is Cc1ccc2cc(C(=O)N3CCN(C/C=C/c4ccccc4)CC3)[nH]c2c1. The molecule has 1 aliphatic rings. The van der Waals surface area contributed by atoms with Crippen LogP contribution in [0.25, 0.3) is 17.0 Å². The molecule has 4 rings (SSSR count). The average molecular weight is 359 g/mol. The number of piperazine rings is 1. The van der Waals surface area contributed by atoms with E-state index in [1.165, 1.54) is 11.1 Å². The molecule has 1 aromatic heterocycles. The van der Waals surface area contributed by atoms with Crippen LogP contribution < -0.4 is 0 Å². The summed E-state index contributed by atoms with van der Waals surface area (Å²) >= 11 is 0. The number of hydrogen-bond donors (Lipinski definition) is 1. The van der Waals surface area contributed by atoms with E-state index < -0.39 is 0 Å². The lowest BCUT2D eigenvalue weighted by atomic mass is 10.2. The molecule has 2 aromatic carbocycles. The number of carbonyl (C=O) groups is 1. The van der Waals surface area contributed by atoms with E-state index in [2.05, 4.69) is 71.4 Å². The number of nitrogens with zero attached hydrogens (tertiary/aromatic N) is 2. The summed E-state index contributed by atoms with van der Waals surface area (Å²) in [6, 6.07) is 18.5. The van der Waals surface area contributed by atoms with E-state index in [9.17, 15) is 4.79 Å². The Morgan fingerprint density at radius 1 is 1.04 bits per heavy atom. The van der Waals surface area contributed by atoms with Crippen LogP contribution in [0, 0.1) is 6.92 Å². The van der Waals surface area contributed by atoms with E-state index in [-0.39, 0.29) is 5.91 Å². The van der Waals surface area contributed by atoms with Crippen molar-refractivity contribution in [1.82, 2.24) is 14.8 Å². The Labute approximate surface area is 160 Å². The van der Waals surface area contributed by atoms with Gasteiger partial charge in [-0.15, -0.1) is 0 Å². The summed E-state index contributed by atoms with van der Waals surface area (Å²) in [6.45, 7) is 6.34. The smallest absolute Gasteiger partial charge is 0.270 e. The van der Waals surface area contributed by atoms with Crippen molar-refractivity contribution >= 4 is 22.9 Å². The van der Waals surface area contributed by atoms with Gasteiger partial charge in [0.15, 0.2) is 0 Å². The molecule has 0 spiro atoms. The lowest BCUT2D eigenvalue weighted by molar-refractivity contribution is 0.0645. The molecular weight excluding hydrogens is 334 g/mol. The Bertz CT molecular complexity index is 950. The van der Waals surface area contributed by atoms with E-state index in [4.69, 9.17) is 0 Å². The highest BCUT2D eigenvalue weighted by Crippen LogP contribution is 2.18. The van der Waals surface area contributed by atoms with E-state index >= 15 is 0 Å². The van der Waals surface area contributed by atoms with Crippen LogP contribution in [0.5, 0.6) is 0 Å². The summed E-state index contributed by atoms with van der Waals surface area (Å²) in [5.41, 5.74) is 4.14. The van der Waals surface area contributed by atoms with Crippen molar-refractivity contribution in [3.8, 4) is 0 Å². The van der Waals surface area contributed by atoms with Gasteiger partial charge in [0.05, 0.1) is 0 Å². The number of aromatic nitrogens is 1. The number of amides is 1. The Morgan fingerprint density at radius 3 is 2.59 bits per heavy atom. The minimum Gasteiger partial charge on any atom is -0.351 e. The molecule has 2 heterocycles. The first-order valence-electron chi connectivity index (χ1n) is 9.52. The van der Waals surface area contributed by atoms with Gasteiger partial charge in [-0.1, -0.05) is 54.6 Å². The minimum absolute atomic E-state index is 0.100. The summed E-state index contributed by atoms with van der Waals surface area (Å²) in [7, 11) is 0. The topological polar surface area (TPSA) is 39.3 Å². The van der Waals surface area contributed by atoms with Crippen molar-refractivity contribution in [3.05, 3.63) is 77.5 Å². The van der Waals surface area contributed by atoms with Crippen LogP contribution in [0.4, 0.5) is 0 Å². The maximum absolute atomic E-state index is 12.8. The molecule has 3 aromatic rings. The molecular formula is C23H25N3O. The molecule has 0 bridgehead atoms. The molecule has 1 aliphatic heterocycles. The first-order chi connectivity index (χ1) is 13.2. The maximum atomic E-state index is 12.8. The third kappa shape index (κ3) is 4.12. The second kappa shape index (κ2) is 7.80. The maximum Gasteiger partial charge on any atom is 0.270 e. The number of benzene rings is 2. The predicted molar refractivity (Wildman–Crippen MR) is 111 cm³/mol. The van der Waals surface area contributed by atoms with Gasteiger partial charge in [-0.2, -0.15) is 0 Å². The number of H-pyrrole nitrogens is 1. The second-order valence-electron chi connectivity index (χ2n) is 7.18. The van der Waals surface area contributed by atoms with Crippen LogP contribution in [-0.2, 0) is 0 Å². The lowest BCUT2D eigenvalue weighted by Gasteiger charge is -2.33. The Balaban J connectivity index is 1.33. The van der Waals surface area contributed by atoms with E-state index in [0.717, 1.165) is 43.6 Å². The van der Waals surface area contributed by atoms with Gasteiger partial charge < -0.3 is 9.88 Å². The standard InChI is InChI=1S/C23H25N3O/c1-18-9-10-20-17-22(24-21(20)16-18)23(27)26-14-12-25(13-15-26)11-5-8-19-6-3-2-4-7-19/h2-10,16-17,24H,11-15H2,1H3/b8-5+. The lowest BCUT2D eigenvalue weighted by Crippen LogP contribution is -2.48. The number of hydrogen-bond acceptors (Lipinski definition) is 2. The molecule has 4 nitrogen and oxygen atoms in total. The average Bonchev–Trinajstić information content (AvgIpc) is 3.12. The Hall–Kier alpha value is -2.85. The highest BCUT2D eigenvalue weighted by atomic mass is 16.2. The summed E-state index contributed by atoms with van der Waals surface area (Å²) in [5.74, 6) is 0.100. The van der Waals surface area contributed by atoms with E-state index in [1.807, 2.05) is 17.0 Å². The fourth-order valence-electron chi connectivity index (χ4n) is 3.56. The molecule has 0 saturated carbocycles. The largest absolute Gasteiger partial charge is 0.351 e. The Morgan fingerprint density at radius 2 is 1.81 bits per heavy atom. The number of aryl methyl sites for hydroxylation is 1. The first kappa shape index (κ1) is 17.6. The van der Waals surface area contributed by atoms with Crippen molar-refractivity contribution in [3.63, 3.8) is 0 Å². The second-order valence-corrected chi connectivity index (χ2v) is 7.18. The molecule has 1 amide bonds. The van der Waals surface area contributed by atoms with E-state index in [1.54, 1.807) is 0 Å². The van der Waals surface area contributed by atoms with Crippen LogP contribution in [0.1, 0.15) is 21.6 Å². The predicted octanol–water partition coefficient (Wildman–Crippen LogP) is 3.95. The third-order valence-electron chi connectivity index (χ3n) is 5.14. The van der Waals surface area contributed by atoms with Gasteiger partial charge in [-0.25, -0.2) is 0 Å². The molecule has 0 radical (unpaired) electrons. The van der Waals surface area contributed by atoms with Gasteiger partial charge in [0.1, 0.15) is 5.69 Å². The molecule has 0 atom stereocenters. The first-order valence-corrected chi connectivity index (χ1v) is 9.52. The minimum atomic E-state index is 0.100. The number of nitrogens with one attached hydrogen (secondary N) is 1. The molecule has 27 heavy (non-hydrogen) atoms. The monoisotopic (exact) mass is 359 g/mol. The van der Waals surface area contributed by atoms with Gasteiger partial charge in [-0.05, 0) is 30.2 Å². The van der Waals surface area contributed by atoms with Crippen molar-refractivity contribution in [2.75, 3.05) is 32.7 Å². The van der Waals surface area contributed by atoms with Gasteiger partial charge in [0.2, 0.25) is 0 Å². The van der Waals surface area contributed by atoms with Gasteiger partial charge in [0.25, 0.3) is 5.91 Å². The zero-order valence-electron chi connectivity index (χ0n) is 15.7. The van der Waals surface area contributed by atoms with Crippen LogP contribution in [0.3, 0.4) is 0 Å². The summed E-state index contributed by atoms with van der Waals surface area (Å²) in [6.07, 6.45) is 4.36. The zero-order chi connectivity index (χ0) is 18.6. The van der Waals surface area contributed by atoms with Crippen LogP contribution in [0.15, 0.2) is 60.7 Å². The fourth-order valence-corrected chi connectivity index (χ4v) is 3.56. The normalized spacial score (nSPS) is 15.7. The number of carbonyl (C=O) groups excluding carboxylic acids is 1. The van der Waals surface area contributed by atoms with Crippen LogP contribution in [-0.4, -0.2) is 53.4 Å². The van der Waals surface area contributed by atoms with Crippen molar-refractivity contribution in [2.24, 2.45) is 0 Å².